The van der Waals surface area contributed by atoms with E-state index in [-0.39, 0.29) is 5.91 Å². The van der Waals surface area contributed by atoms with Gasteiger partial charge >= 0.3 is 0 Å². The zero-order valence-electron chi connectivity index (χ0n) is 11.7. The second-order valence-corrected chi connectivity index (χ2v) is 4.47. The van der Waals surface area contributed by atoms with Crippen molar-refractivity contribution in [1.82, 2.24) is 5.32 Å². The van der Waals surface area contributed by atoms with Crippen LogP contribution < -0.4 is 15.4 Å². The third-order valence-corrected chi connectivity index (χ3v) is 2.60. The highest BCUT2D eigenvalue weighted by atomic mass is 16.5. The molecule has 0 aromatic heterocycles. The molecule has 0 saturated carbocycles. The molecule has 5 heteroatoms. The minimum Gasteiger partial charge on any atom is -0.497 e. The molecule has 0 radical (unpaired) electrons. The number of hydrogen-bond acceptors (Lipinski definition) is 4. The van der Waals surface area contributed by atoms with E-state index < -0.39 is 0 Å². The van der Waals surface area contributed by atoms with Crippen molar-refractivity contribution < 1.29 is 14.3 Å². The molecular formula is C14H22N2O3. The SMILES string of the molecule is COCC(C)CNCC(=O)Nc1ccc(OC)cc1. The lowest BCUT2D eigenvalue weighted by molar-refractivity contribution is -0.115. The number of benzene rings is 1. The Morgan fingerprint density at radius 2 is 1.95 bits per heavy atom. The lowest BCUT2D eigenvalue weighted by atomic mass is 10.2. The summed E-state index contributed by atoms with van der Waals surface area (Å²) in [6, 6.07) is 7.24. The predicted octanol–water partition coefficient (Wildman–Crippen LogP) is 1.51. The molecule has 1 unspecified atom stereocenters. The molecule has 1 amide bonds. The van der Waals surface area contributed by atoms with Crippen molar-refractivity contribution in [2.24, 2.45) is 5.92 Å². The van der Waals surface area contributed by atoms with E-state index in [9.17, 15) is 4.79 Å². The zero-order chi connectivity index (χ0) is 14.1. The van der Waals surface area contributed by atoms with Crippen molar-refractivity contribution in [3.8, 4) is 5.75 Å². The molecule has 1 rings (SSSR count). The van der Waals surface area contributed by atoms with Gasteiger partial charge in [-0.2, -0.15) is 0 Å². The fourth-order valence-electron chi connectivity index (χ4n) is 1.66. The standard InChI is InChI=1S/C14H22N2O3/c1-11(10-18-2)8-15-9-14(17)16-12-4-6-13(19-3)7-5-12/h4-7,11,15H,8-10H2,1-3H3,(H,16,17). The van der Waals surface area contributed by atoms with Crippen molar-refractivity contribution in [2.75, 3.05) is 39.2 Å². The molecule has 0 aliphatic heterocycles. The summed E-state index contributed by atoms with van der Waals surface area (Å²) in [5, 5.41) is 5.91. The minimum absolute atomic E-state index is 0.0604. The number of amides is 1. The quantitative estimate of drug-likeness (QED) is 0.748. The first kappa shape index (κ1) is 15.5. The number of ether oxygens (including phenoxy) is 2. The fourth-order valence-corrected chi connectivity index (χ4v) is 1.66. The molecule has 106 valence electrons. The van der Waals surface area contributed by atoms with Gasteiger partial charge in [0, 0.05) is 25.9 Å². The van der Waals surface area contributed by atoms with Crippen LogP contribution in [0.25, 0.3) is 0 Å². The topological polar surface area (TPSA) is 59.6 Å². The third kappa shape index (κ3) is 6.22. The first-order valence-corrected chi connectivity index (χ1v) is 6.29. The monoisotopic (exact) mass is 266 g/mol. The van der Waals surface area contributed by atoms with Crippen molar-refractivity contribution >= 4 is 11.6 Å². The highest BCUT2D eigenvalue weighted by Crippen LogP contribution is 2.14. The van der Waals surface area contributed by atoms with Crippen molar-refractivity contribution in [1.29, 1.82) is 0 Å². The second kappa shape index (κ2) is 8.50. The molecule has 0 aliphatic rings. The zero-order valence-corrected chi connectivity index (χ0v) is 11.7. The van der Waals surface area contributed by atoms with Gasteiger partial charge in [-0.05, 0) is 30.2 Å². The highest BCUT2D eigenvalue weighted by molar-refractivity contribution is 5.92. The van der Waals surface area contributed by atoms with Gasteiger partial charge in [-0.25, -0.2) is 0 Å². The normalized spacial score (nSPS) is 11.9. The summed E-state index contributed by atoms with van der Waals surface area (Å²) >= 11 is 0. The first-order chi connectivity index (χ1) is 9.15. The first-order valence-electron chi connectivity index (χ1n) is 6.29. The van der Waals surface area contributed by atoms with E-state index in [1.807, 2.05) is 24.3 Å². The summed E-state index contributed by atoms with van der Waals surface area (Å²) in [5.41, 5.74) is 0.762. The Hall–Kier alpha value is -1.59. The third-order valence-electron chi connectivity index (χ3n) is 2.60. The molecular weight excluding hydrogens is 244 g/mol. The minimum atomic E-state index is -0.0604. The van der Waals surface area contributed by atoms with Crippen LogP contribution >= 0.6 is 0 Å². The Kier molecular flexibility index (Phi) is 6.92. The lowest BCUT2D eigenvalue weighted by Crippen LogP contribution is -2.32. The smallest absolute Gasteiger partial charge is 0.238 e. The van der Waals surface area contributed by atoms with Crippen molar-refractivity contribution in [2.45, 2.75) is 6.92 Å². The molecule has 5 nitrogen and oxygen atoms in total. The van der Waals surface area contributed by atoms with Gasteiger partial charge in [0.2, 0.25) is 5.91 Å². The maximum atomic E-state index is 11.7. The Labute approximate surface area is 114 Å². The van der Waals surface area contributed by atoms with E-state index in [4.69, 9.17) is 9.47 Å². The average molecular weight is 266 g/mol. The number of hydrogen-bond donors (Lipinski definition) is 2. The number of nitrogens with one attached hydrogen (secondary N) is 2. The van der Waals surface area contributed by atoms with Gasteiger partial charge in [0.05, 0.1) is 13.7 Å². The summed E-state index contributed by atoms with van der Waals surface area (Å²) in [6.07, 6.45) is 0. The summed E-state index contributed by atoms with van der Waals surface area (Å²) in [6.45, 7) is 3.80. The van der Waals surface area contributed by atoms with E-state index in [1.54, 1.807) is 14.2 Å². The van der Waals surface area contributed by atoms with Crippen molar-refractivity contribution in [3.05, 3.63) is 24.3 Å². The Morgan fingerprint density at radius 3 is 2.53 bits per heavy atom. The molecule has 0 bridgehead atoms. The van der Waals surface area contributed by atoms with Crippen LogP contribution in [0.3, 0.4) is 0 Å². The van der Waals surface area contributed by atoms with Crippen LogP contribution in [0.2, 0.25) is 0 Å². The van der Waals surface area contributed by atoms with Gasteiger partial charge in [0.25, 0.3) is 0 Å². The number of carbonyl (C=O) groups excluding carboxylic acids is 1. The predicted molar refractivity (Wildman–Crippen MR) is 75.5 cm³/mol. The summed E-state index contributed by atoms with van der Waals surface area (Å²) < 4.78 is 10.1. The molecule has 1 aromatic carbocycles. The van der Waals surface area contributed by atoms with Gasteiger partial charge in [-0.15, -0.1) is 0 Å². The molecule has 0 fully saturated rings. The number of anilines is 1. The van der Waals surface area contributed by atoms with E-state index in [2.05, 4.69) is 17.6 Å². The van der Waals surface area contributed by atoms with E-state index in [0.717, 1.165) is 18.0 Å². The molecule has 1 atom stereocenters. The van der Waals surface area contributed by atoms with Crippen LogP contribution in [0.5, 0.6) is 5.75 Å². The van der Waals surface area contributed by atoms with Crippen LogP contribution in [0, 0.1) is 5.92 Å². The fraction of sp³-hybridized carbons (Fsp3) is 0.500. The molecule has 0 heterocycles. The van der Waals surface area contributed by atoms with Crippen LogP contribution in [-0.4, -0.2) is 39.8 Å². The summed E-state index contributed by atoms with van der Waals surface area (Å²) in [5.74, 6) is 1.10. The van der Waals surface area contributed by atoms with Gasteiger partial charge in [-0.1, -0.05) is 6.92 Å². The van der Waals surface area contributed by atoms with Crippen LogP contribution in [0.15, 0.2) is 24.3 Å². The number of methoxy groups -OCH3 is 2. The summed E-state index contributed by atoms with van der Waals surface area (Å²) in [4.78, 5) is 11.7. The van der Waals surface area contributed by atoms with Gasteiger partial charge in [0.1, 0.15) is 5.75 Å². The molecule has 1 aromatic rings. The van der Waals surface area contributed by atoms with Gasteiger partial charge in [0.15, 0.2) is 0 Å². The number of rotatable bonds is 8. The molecule has 0 spiro atoms. The van der Waals surface area contributed by atoms with E-state index >= 15 is 0 Å². The molecule has 0 aliphatic carbocycles. The van der Waals surface area contributed by atoms with Crippen LogP contribution in [0.4, 0.5) is 5.69 Å². The Balaban J connectivity index is 2.26. The largest absolute Gasteiger partial charge is 0.497 e. The van der Waals surface area contributed by atoms with E-state index in [1.165, 1.54) is 0 Å². The highest BCUT2D eigenvalue weighted by Gasteiger charge is 2.04. The molecule has 19 heavy (non-hydrogen) atoms. The van der Waals surface area contributed by atoms with Crippen molar-refractivity contribution in [3.63, 3.8) is 0 Å². The van der Waals surface area contributed by atoms with Gasteiger partial charge in [-0.3, -0.25) is 4.79 Å². The average Bonchev–Trinajstić information content (AvgIpc) is 2.40. The second-order valence-electron chi connectivity index (χ2n) is 4.47. The summed E-state index contributed by atoms with van der Waals surface area (Å²) in [7, 11) is 3.28. The maximum Gasteiger partial charge on any atom is 0.238 e. The van der Waals surface area contributed by atoms with Crippen LogP contribution in [0.1, 0.15) is 6.92 Å². The Bertz CT molecular complexity index is 379. The van der Waals surface area contributed by atoms with Crippen LogP contribution in [-0.2, 0) is 9.53 Å². The number of carbonyl (C=O) groups is 1. The molecule has 2 N–H and O–H groups in total. The lowest BCUT2D eigenvalue weighted by Gasteiger charge is -2.11. The Morgan fingerprint density at radius 1 is 1.26 bits per heavy atom. The van der Waals surface area contributed by atoms with Gasteiger partial charge < -0.3 is 20.1 Å². The maximum absolute atomic E-state index is 11.7. The molecule has 0 saturated heterocycles. The van der Waals surface area contributed by atoms with E-state index in [0.29, 0.717) is 19.1 Å².